The van der Waals surface area contributed by atoms with Gasteiger partial charge in [0.15, 0.2) is 0 Å². The van der Waals surface area contributed by atoms with Gasteiger partial charge in [0.1, 0.15) is 0 Å². The lowest BCUT2D eigenvalue weighted by Gasteiger charge is -2.16. The summed E-state index contributed by atoms with van der Waals surface area (Å²) in [6.07, 6.45) is 0. The van der Waals surface area contributed by atoms with Crippen molar-refractivity contribution < 1.29 is 0 Å². The summed E-state index contributed by atoms with van der Waals surface area (Å²) in [7, 11) is 0. The van der Waals surface area contributed by atoms with E-state index in [1.54, 1.807) is 0 Å². The molecule has 0 bridgehead atoms. The molecule has 2 nitrogen and oxygen atoms in total. The van der Waals surface area contributed by atoms with E-state index < -0.39 is 0 Å². The van der Waals surface area contributed by atoms with Crippen LogP contribution in [0.15, 0.2) is 59.1 Å². The van der Waals surface area contributed by atoms with Gasteiger partial charge in [-0.2, -0.15) is 0 Å². The van der Waals surface area contributed by atoms with Crippen molar-refractivity contribution in [3.8, 4) is 0 Å². The fourth-order valence-electron chi connectivity index (χ4n) is 1.69. The van der Waals surface area contributed by atoms with Gasteiger partial charge in [0.25, 0.3) is 0 Å². The molecule has 0 fully saturated rings. The van der Waals surface area contributed by atoms with Crippen molar-refractivity contribution in [1.82, 2.24) is 5.43 Å². The highest BCUT2D eigenvalue weighted by Gasteiger charge is 2.10. The van der Waals surface area contributed by atoms with Crippen molar-refractivity contribution >= 4 is 15.9 Å². The monoisotopic (exact) mass is 276 g/mol. The van der Waals surface area contributed by atoms with Crippen LogP contribution < -0.4 is 11.3 Å². The second-order valence-electron chi connectivity index (χ2n) is 3.56. The number of hydrogen-bond donors (Lipinski definition) is 2. The first-order valence-corrected chi connectivity index (χ1v) is 5.87. The first-order chi connectivity index (χ1) is 7.81. The second kappa shape index (κ2) is 5.25. The first kappa shape index (κ1) is 11.3. The average molecular weight is 277 g/mol. The molecule has 0 aliphatic rings. The molecule has 0 saturated heterocycles. The van der Waals surface area contributed by atoms with Gasteiger partial charge < -0.3 is 0 Å². The predicted molar refractivity (Wildman–Crippen MR) is 69.8 cm³/mol. The summed E-state index contributed by atoms with van der Waals surface area (Å²) in [5, 5.41) is 0. The summed E-state index contributed by atoms with van der Waals surface area (Å²) in [5.41, 5.74) is 5.15. The number of halogens is 1. The maximum atomic E-state index is 5.61. The molecule has 0 aliphatic heterocycles. The van der Waals surface area contributed by atoms with Gasteiger partial charge in [-0.15, -0.1) is 0 Å². The van der Waals surface area contributed by atoms with E-state index in [-0.39, 0.29) is 6.04 Å². The molecular formula is C13H13BrN2. The normalized spacial score (nSPS) is 12.4. The Kier molecular flexibility index (Phi) is 3.72. The van der Waals surface area contributed by atoms with E-state index in [4.69, 9.17) is 5.84 Å². The highest BCUT2D eigenvalue weighted by molar-refractivity contribution is 9.10. The Balaban J connectivity index is 2.33. The van der Waals surface area contributed by atoms with E-state index in [0.717, 1.165) is 15.6 Å². The quantitative estimate of drug-likeness (QED) is 0.668. The molecule has 0 heterocycles. The molecule has 0 aromatic heterocycles. The zero-order chi connectivity index (χ0) is 11.4. The van der Waals surface area contributed by atoms with Crippen LogP contribution in [0.3, 0.4) is 0 Å². The van der Waals surface area contributed by atoms with Crippen molar-refractivity contribution in [2.75, 3.05) is 0 Å². The molecule has 0 radical (unpaired) electrons. The number of benzene rings is 2. The van der Waals surface area contributed by atoms with E-state index in [1.807, 2.05) is 30.3 Å². The van der Waals surface area contributed by atoms with Crippen molar-refractivity contribution in [3.05, 3.63) is 70.2 Å². The third-order valence-electron chi connectivity index (χ3n) is 2.50. The van der Waals surface area contributed by atoms with Gasteiger partial charge in [0.05, 0.1) is 6.04 Å². The highest BCUT2D eigenvalue weighted by atomic mass is 79.9. The maximum Gasteiger partial charge on any atom is 0.0710 e. The lowest BCUT2D eigenvalue weighted by molar-refractivity contribution is 0.637. The minimum Gasteiger partial charge on any atom is -0.271 e. The number of hydrogen-bond acceptors (Lipinski definition) is 2. The van der Waals surface area contributed by atoms with Crippen LogP contribution in [-0.4, -0.2) is 0 Å². The van der Waals surface area contributed by atoms with Crippen LogP contribution >= 0.6 is 15.9 Å². The van der Waals surface area contributed by atoms with E-state index in [2.05, 4.69) is 45.6 Å². The molecular weight excluding hydrogens is 264 g/mol. The SMILES string of the molecule is NN[C@@H](c1ccccc1)c1ccc(Br)cc1. The molecule has 1 atom stereocenters. The fraction of sp³-hybridized carbons (Fsp3) is 0.0769. The smallest absolute Gasteiger partial charge is 0.0710 e. The molecule has 0 unspecified atom stereocenters. The van der Waals surface area contributed by atoms with Crippen molar-refractivity contribution in [3.63, 3.8) is 0 Å². The Hall–Kier alpha value is -1.16. The number of nitrogens with two attached hydrogens (primary N) is 1. The van der Waals surface area contributed by atoms with Crippen LogP contribution in [0.4, 0.5) is 0 Å². The second-order valence-corrected chi connectivity index (χ2v) is 4.48. The first-order valence-electron chi connectivity index (χ1n) is 5.08. The number of hydrazine groups is 1. The Labute approximate surface area is 104 Å². The van der Waals surface area contributed by atoms with E-state index in [0.29, 0.717) is 0 Å². The molecule has 2 aromatic rings. The third-order valence-corrected chi connectivity index (χ3v) is 3.03. The van der Waals surface area contributed by atoms with E-state index >= 15 is 0 Å². The minimum absolute atomic E-state index is 0.0364. The number of rotatable bonds is 3. The summed E-state index contributed by atoms with van der Waals surface area (Å²) in [5.74, 6) is 5.61. The van der Waals surface area contributed by atoms with Crippen molar-refractivity contribution in [2.24, 2.45) is 5.84 Å². The van der Waals surface area contributed by atoms with E-state index in [1.165, 1.54) is 0 Å². The highest BCUT2D eigenvalue weighted by Crippen LogP contribution is 2.22. The van der Waals surface area contributed by atoms with Crippen molar-refractivity contribution in [1.29, 1.82) is 0 Å². The molecule has 0 aliphatic carbocycles. The summed E-state index contributed by atoms with van der Waals surface area (Å²) >= 11 is 3.42. The molecule has 16 heavy (non-hydrogen) atoms. The minimum atomic E-state index is 0.0364. The van der Waals surface area contributed by atoms with Gasteiger partial charge in [0.2, 0.25) is 0 Å². The van der Waals surface area contributed by atoms with Gasteiger partial charge in [0, 0.05) is 4.47 Å². The zero-order valence-corrected chi connectivity index (χ0v) is 10.3. The molecule has 82 valence electrons. The zero-order valence-electron chi connectivity index (χ0n) is 8.73. The van der Waals surface area contributed by atoms with Crippen LogP contribution in [0, 0.1) is 0 Å². The van der Waals surface area contributed by atoms with Gasteiger partial charge in [-0.05, 0) is 23.3 Å². The van der Waals surface area contributed by atoms with Crippen LogP contribution in [0.25, 0.3) is 0 Å². The topological polar surface area (TPSA) is 38.0 Å². The molecule has 0 amide bonds. The average Bonchev–Trinajstić information content (AvgIpc) is 2.34. The standard InChI is InChI=1S/C13H13BrN2/c14-12-8-6-11(7-9-12)13(16-15)10-4-2-1-3-5-10/h1-9,13,16H,15H2/t13-/m0/s1. The van der Waals surface area contributed by atoms with Crippen LogP contribution in [0.2, 0.25) is 0 Å². The van der Waals surface area contributed by atoms with Crippen LogP contribution in [0.1, 0.15) is 17.2 Å². The molecule has 2 aromatic carbocycles. The predicted octanol–water partition coefficient (Wildman–Crippen LogP) is 3.00. The summed E-state index contributed by atoms with van der Waals surface area (Å²) < 4.78 is 1.07. The Morgan fingerprint density at radius 1 is 0.875 bits per heavy atom. The molecule has 2 rings (SSSR count). The Bertz CT molecular complexity index is 439. The van der Waals surface area contributed by atoms with Crippen molar-refractivity contribution in [2.45, 2.75) is 6.04 Å². The summed E-state index contributed by atoms with van der Waals surface area (Å²) in [4.78, 5) is 0. The summed E-state index contributed by atoms with van der Waals surface area (Å²) in [6, 6.07) is 18.3. The number of nitrogens with one attached hydrogen (secondary N) is 1. The van der Waals surface area contributed by atoms with Gasteiger partial charge in [-0.1, -0.05) is 58.4 Å². The van der Waals surface area contributed by atoms with Gasteiger partial charge in [-0.25, -0.2) is 5.43 Å². The van der Waals surface area contributed by atoms with Crippen LogP contribution in [-0.2, 0) is 0 Å². The molecule has 3 heteroatoms. The molecule has 3 N–H and O–H groups in total. The molecule has 0 spiro atoms. The molecule has 0 saturated carbocycles. The fourth-order valence-corrected chi connectivity index (χ4v) is 1.95. The third kappa shape index (κ3) is 2.50. The Morgan fingerprint density at radius 2 is 1.44 bits per heavy atom. The van der Waals surface area contributed by atoms with Gasteiger partial charge >= 0.3 is 0 Å². The summed E-state index contributed by atoms with van der Waals surface area (Å²) in [6.45, 7) is 0. The lowest BCUT2D eigenvalue weighted by atomic mass is 10.00. The van der Waals surface area contributed by atoms with Gasteiger partial charge in [-0.3, -0.25) is 5.84 Å². The van der Waals surface area contributed by atoms with Crippen LogP contribution in [0.5, 0.6) is 0 Å². The maximum absolute atomic E-state index is 5.61. The van der Waals surface area contributed by atoms with E-state index in [9.17, 15) is 0 Å². The largest absolute Gasteiger partial charge is 0.271 e. The lowest BCUT2D eigenvalue weighted by Crippen LogP contribution is -2.28. The Morgan fingerprint density at radius 3 is 2.00 bits per heavy atom.